The molecular weight excluding hydrogens is 424 g/mol. The van der Waals surface area contributed by atoms with Crippen LogP contribution in [0.5, 0.6) is 5.75 Å². The summed E-state index contributed by atoms with van der Waals surface area (Å²) >= 11 is 6.00. The van der Waals surface area contributed by atoms with Crippen LogP contribution in [-0.4, -0.2) is 20.9 Å². The largest absolute Gasteiger partial charge is 0.484 e. The number of anilines is 1. The number of ether oxygens (including phenoxy) is 1. The zero-order valence-electron chi connectivity index (χ0n) is 16.2. The van der Waals surface area contributed by atoms with E-state index in [9.17, 15) is 13.2 Å². The molecule has 3 rings (SSSR count). The Morgan fingerprint density at radius 1 is 0.967 bits per heavy atom. The van der Waals surface area contributed by atoms with Gasteiger partial charge in [-0.3, -0.25) is 4.79 Å². The maximum Gasteiger partial charge on any atom is 0.262 e. The van der Waals surface area contributed by atoms with E-state index >= 15 is 0 Å². The molecule has 0 aliphatic rings. The fourth-order valence-electron chi connectivity index (χ4n) is 2.72. The molecule has 0 aliphatic carbocycles. The highest BCUT2D eigenvalue weighted by Crippen LogP contribution is 2.21. The number of halogens is 1. The van der Waals surface area contributed by atoms with Gasteiger partial charge in [0.15, 0.2) is 6.61 Å². The van der Waals surface area contributed by atoms with E-state index in [1.54, 1.807) is 31.2 Å². The van der Waals surface area contributed by atoms with Gasteiger partial charge in [0, 0.05) is 6.04 Å². The number of hydrogen-bond acceptors (Lipinski definition) is 4. The monoisotopic (exact) mass is 444 g/mol. The summed E-state index contributed by atoms with van der Waals surface area (Å²) in [4.78, 5) is 12.1. The van der Waals surface area contributed by atoms with Gasteiger partial charge < -0.3 is 10.1 Å². The van der Waals surface area contributed by atoms with Crippen LogP contribution in [0.3, 0.4) is 0 Å². The number of benzene rings is 3. The van der Waals surface area contributed by atoms with Crippen LogP contribution < -0.4 is 14.8 Å². The molecule has 0 unspecified atom stereocenters. The SMILES string of the molecule is C[C@@H](NS(=O)(=O)c1ccc(OCC(=O)Nc2ccccc2Cl)cc1)c1ccccc1. The quantitative estimate of drug-likeness (QED) is 0.539. The fraction of sp³-hybridized carbons (Fsp3) is 0.136. The van der Waals surface area contributed by atoms with E-state index in [2.05, 4.69) is 10.0 Å². The van der Waals surface area contributed by atoms with Crippen LogP contribution in [0.2, 0.25) is 5.02 Å². The van der Waals surface area contributed by atoms with Crippen molar-refractivity contribution in [2.75, 3.05) is 11.9 Å². The van der Waals surface area contributed by atoms with Gasteiger partial charge >= 0.3 is 0 Å². The minimum Gasteiger partial charge on any atom is -0.484 e. The molecule has 2 N–H and O–H groups in total. The Labute approximate surface area is 180 Å². The maximum absolute atomic E-state index is 12.6. The molecular formula is C22H21ClN2O4S. The number of nitrogens with one attached hydrogen (secondary N) is 2. The van der Waals surface area contributed by atoms with Crippen LogP contribution in [0.25, 0.3) is 0 Å². The van der Waals surface area contributed by atoms with Crippen LogP contribution >= 0.6 is 11.6 Å². The normalized spacial score (nSPS) is 12.2. The molecule has 6 nitrogen and oxygen atoms in total. The van der Waals surface area contributed by atoms with E-state index < -0.39 is 10.0 Å². The first-order chi connectivity index (χ1) is 14.3. The lowest BCUT2D eigenvalue weighted by Gasteiger charge is -2.15. The predicted molar refractivity (Wildman–Crippen MR) is 117 cm³/mol. The molecule has 0 bridgehead atoms. The standard InChI is InChI=1S/C22H21ClN2O4S/c1-16(17-7-3-2-4-8-17)25-30(27,28)19-13-11-18(12-14-19)29-15-22(26)24-21-10-6-5-9-20(21)23/h2-14,16,25H,15H2,1H3,(H,24,26)/t16-/m1/s1. The summed E-state index contributed by atoms with van der Waals surface area (Å²) in [6.45, 7) is 1.54. The van der Waals surface area contributed by atoms with Crippen molar-refractivity contribution in [3.8, 4) is 5.75 Å². The second-order valence-corrected chi connectivity index (χ2v) is 8.66. The summed E-state index contributed by atoms with van der Waals surface area (Å²) < 4.78 is 33.3. The zero-order chi connectivity index (χ0) is 21.6. The average Bonchev–Trinajstić information content (AvgIpc) is 2.74. The van der Waals surface area contributed by atoms with E-state index in [0.29, 0.717) is 16.5 Å². The third-order valence-electron chi connectivity index (χ3n) is 4.28. The molecule has 0 saturated heterocycles. The predicted octanol–water partition coefficient (Wildman–Crippen LogP) is 4.40. The zero-order valence-corrected chi connectivity index (χ0v) is 17.8. The minimum atomic E-state index is -3.70. The van der Waals surface area contributed by atoms with E-state index in [1.165, 1.54) is 24.3 Å². The third kappa shape index (κ3) is 5.82. The molecule has 30 heavy (non-hydrogen) atoms. The Kier molecular flexibility index (Phi) is 7.10. The highest BCUT2D eigenvalue weighted by atomic mass is 35.5. The third-order valence-corrected chi connectivity index (χ3v) is 6.17. The van der Waals surface area contributed by atoms with Gasteiger partial charge in [-0.1, -0.05) is 54.1 Å². The molecule has 3 aromatic rings. The van der Waals surface area contributed by atoms with Gasteiger partial charge in [-0.15, -0.1) is 0 Å². The number of carbonyl (C=O) groups excluding carboxylic acids is 1. The van der Waals surface area contributed by atoms with Crippen LogP contribution in [0.1, 0.15) is 18.5 Å². The van der Waals surface area contributed by atoms with Crippen molar-refractivity contribution >= 4 is 33.2 Å². The minimum absolute atomic E-state index is 0.109. The van der Waals surface area contributed by atoms with Crippen molar-refractivity contribution in [2.24, 2.45) is 0 Å². The number of amides is 1. The van der Waals surface area contributed by atoms with Crippen molar-refractivity contribution in [1.82, 2.24) is 4.72 Å². The summed E-state index contributed by atoms with van der Waals surface area (Å²) in [7, 11) is -3.70. The molecule has 0 heterocycles. The fourth-order valence-corrected chi connectivity index (χ4v) is 4.14. The molecule has 1 atom stereocenters. The average molecular weight is 445 g/mol. The first-order valence-corrected chi connectivity index (χ1v) is 11.1. The lowest BCUT2D eigenvalue weighted by atomic mass is 10.1. The molecule has 0 fully saturated rings. The Balaban J connectivity index is 1.57. The van der Waals surface area contributed by atoms with Crippen molar-refractivity contribution in [2.45, 2.75) is 17.9 Å². The van der Waals surface area contributed by atoms with Crippen LogP contribution in [0.4, 0.5) is 5.69 Å². The van der Waals surface area contributed by atoms with Crippen LogP contribution in [0, 0.1) is 0 Å². The first-order valence-electron chi connectivity index (χ1n) is 9.20. The maximum atomic E-state index is 12.6. The Morgan fingerprint density at radius 2 is 1.60 bits per heavy atom. The summed E-state index contributed by atoms with van der Waals surface area (Å²) in [5.74, 6) is -0.00230. The molecule has 0 radical (unpaired) electrons. The van der Waals surface area contributed by atoms with Crippen molar-refractivity contribution in [3.05, 3.63) is 89.4 Å². The summed E-state index contributed by atoms with van der Waals surface area (Å²) in [5, 5.41) is 3.08. The second-order valence-electron chi connectivity index (χ2n) is 6.54. The summed E-state index contributed by atoms with van der Waals surface area (Å²) in [6.07, 6.45) is 0. The molecule has 0 aliphatic heterocycles. The van der Waals surface area contributed by atoms with Crippen LogP contribution in [-0.2, 0) is 14.8 Å². The van der Waals surface area contributed by atoms with E-state index in [0.717, 1.165) is 5.56 Å². The topological polar surface area (TPSA) is 84.5 Å². The number of para-hydroxylation sites is 1. The first kappa shape index (κ1) is 21.8. The van der Waals surface area contributed by atoms with Crippen LogP contribution in [0.15, 0.2) is 83.8 Å². The second kappa shape index (κ2) is 9.75. The van der Waals surface area contributed by atoms with Gasteiger partial charge in [0.05, 0.1) is 15.6 Å². The molecule has 3 aromatic carbocycles. The van der Waals surface area contributed by atoms with E-state index in [1.807, 2.05) is 30.3 Å². The number of rotatable bonds is 8. The van der Waals surface area contributed by atoms with Crippen molar-refractivity contribution in [3.63, 3.8) is 0 Å². The molecule has 8 heteroatoms. The Morgan fingerprint density at radius 3 is 2.27 bits per heavy atom. The number of carbonyl (C=O) groups is 1. The molecule has 0 aromatic heterocycles. The molecule has 156 valence electrons. The molecule has 1 amide bonds. The van der Waals surface area contributed by atoms with Gasteiger partial charge in [-0.2, -0.15) is 0 Å². The summed E-state index contributed by atoms with van der Waals surface area (Å²) in [5.41, 5.74) is 1.36. The van der Waals surface area contributed by atoms with Gasteiger partial charge in [-0.05, 0) is 48.9 Å². The van der Waals surface area contributed by atoms with Gasteiger partial charge in [-0.25, -0.2) is 13.1 Å². The lowest BCUT2D eigenvalue weighted by molar-refractivity contribution is -0.118. The Hall–Kier alpha value is -2.87. The smallest absolute Gasteiger partial charge is 0.262 e. The Bertz CT molecular complexity index is 1100. The molecule has 0 saturated carbocycles. The van der Waals surface area contributed by atoms with E-state index in [-0.39, 0.29) is 23.5 Å². The highest BCUT2D eigenvalue weighted by Gasteiger charge is 2.18. The van der Waals surface area contributed by atoms with Gasteiger partial charge in [0.1, 0.15) is 5.75 Å². The number of sulfonamides is 1. The lowest BCUT2D eigenvalue weighted by Crippen LogP contribution is -2.26. The van der Waals surface area contributed by atoms with Gasteiger partial charge in [0.2, 0.25) is 10.0 Å². The molecule has 0 spiro atoms. The van der Waals surface area contributed by atoms with Gasteiger partial charge in [0.25, 0.3) is 5.91 Å². The van der Waals surface area contributed by atoms with E-state index in [4.69, 9.17) is 16.3 Å². The van der Waals surface area contributed by atoms with Crippen molar-refractivity contribution in [1.29, 1.82) is 0 Å². The van der Waals surface area contributed by atoms with Crippen molar-refractivity contribution < 1.29 is 17.9 Å². The number of hydrogen-bond donors (Lipinski definition) is 2. The highest BCUT2D eigenvalue weighted by molar-refractivity contribution is 7.89. The summed E-state index contributed by atoms with van der Waals surface area (Å²) in [6, 6.07) is 21.7.